The lowest BCUT2D eigenvalue weighted by Gasteiger charge is -2.34. The lowest BCUT2D eigenvalue weighted by atomic mass is 10.2. The van der Waals surface area contributed by atoms with Gasteiger partial charge in [0.25, 0.3) is 5.91 Å². The summed E-state index contributed by atoms with van der Waals surface area (Å²) in [6.45, 7) is 0.624. The van der Waals surface area contributed by atoms with E-state index >= 15 is 0 Å². The van der Waals surface area contributed by atoms with Crippen LogP contribution in [0.5, 0.6) is 0 Å². The van der Waals surface area contributed by atoms with E-state index in [-0.39, 0.29) is 48.1 Å². The van der Waals surface area contributed by atoms with Gasteiger partial charge in [0, 0.05) is 31.7 Å². The average Bonchev–Trinajstić information content (AvgIpc) is 2.67. The molecule has 0 atom stereocenters. The van der Waals surface area contributed by atoms with Crippen LogP contribution in [0.3, 0.4) is 0 Å². The Morgan fingerprint density at radius 2 is 1.73 bits per heavy atom. The molecule has 0 aliphatic carbocycles. The van der Waals surface area contributed by atoms with Crippen molar-refractivity contribution in [3.63, 3.8) is 0 Å². The molecule has 1 aliphatic rings. The van der Waals surface area contributed by atoms with E-state index in [0.29, 0.717) is 0 Å². The zero-order valence-electron chi connectivity index (χ0n) is 13.8. The Balaban J connectivity index is 1.74. The molecule has 0 bridgehead atoms. The number of piperazine rings is 1. The lowest BCUT2D eigenvalue weighted by molar-refractivity contribution is 0.0697. The second kappa shape index (κ2) is 7.23. The molecule has 1 fully saturated rings. The van der Waals surface area contributed by atoms with Gasteiger partial charge >= 0.3 is 0 Å². The third-order valence-electron chi connectivity index (χ3n) is 4.22. The van der Waals surface area contributed by atoms with Crippen molar-refractivity contribution in [2.24, 2.45) is 0 Å². The molecule has 6 nitrogen and oxygen atoms in total. The number of amides is 1. The average molecular weight is 373 g/mol. The van der Waals surface area contributed by atoms with E-state index in [1.54, 1.807) is 12.1 Å². The third kappa shape index (κ3) is 3.45. The molecule has 0 unspecified atom stereocenters. The number of hydrogen-bond acceptors (Lipinski definition) is 4. The first-order chi connectivity index (χ1) is 12.4. The first-order valence-electron chi connectivity index (χ1n) is 7.97. The number of hydrogen-bond donors (Lipinski definition) is 0. The summed E-state index contributed by atoms with van der Waals surface area (Å²) in [4.78, 5) is 13.9. The van der Waals surface area contributed by atoms with Crippen molar-refractivity contribution in [1.29, 1.82) is 5.26 Å². The molecule has 0 aromatic heterocycles. The van der Waals surface area contributed by atoms with E-state index < -0.39 is 15.8 Å². The Morgan fingerprint density at radius 1 is 1.04 bits per heavy atom. The molecule has 0 spiro atoms. The smallest absolute Gasteiger partial charge is 0.254 e. The Labute approximate surface area is 151 Å². The maximum atomic E-state index is 13.3. The van der Waals surface area contributed by atoms with Gasteiger partial charge in [0.05, 0.1) is 10.5 Å². The van der Waals surface area contributed by atoms with Crippen LogP contribution in [0.15, 0.2) is 53.4 Å². The highest BCUT2D eigenvalue weighted by Gasteiger charge is 2.31. The number of carbonyl (C=O) groups is 1. The molecule has 134 valence electrons. The van der Waals surface area contributed by atoms with Crippen molar-refractivity contribution in [1.82, 2.24) is 9.21 Å². The van der Waals surface area contributed by atoms with Gasteiger partial charge in [-0.2, -0.15) is 9.57 Å². The van der Waals surface area contributed by atoms with Gasteiger partial charge in [-0.25, -0.2) is 12.8 Å². The minimum atomic E-state index is -3.81. The fraction of sp³-hybridized carbons (Fsp3) is 0.222. The minimum absolute atomic E-state index is 0.0348. The van der Waals surface area contributed by atoms with Crippen LogP contribution in [0.25, 0.3) is 0 Å². The number of nitriles is 1. The van der Waals surface area contributed by atoms with Crippen molar-refractivity contribution < 1.29 is 17.6 Å². The van der Waals surface area contributed by atoms with Crippen LogP contribution in [0.2, 0.25) is 0 Å². The van der Waals surface area contributed by atoms with Crippen LogP contribution in [0.4, 0.5) is 4.39 Å². The Kier molecular flexibility index (Phi) is 5.02. The quantitative estimate of drug-likeness (QED) is 0.822. The monoisotopic (exact) mass is 373 g/mol. The molecule has 1 amide bonds. The summed E-state index contributed by atoms with van der Waals surface area (Å²) in [6, 6.07) is 13.3. The lowest BCUT2D eigenvalue weighted by Crippen LogP contribution is -2.50. The first-order valence-corrected chi connectivity index (χ1v) is 9.41. The SMILES string of the molecule is N#Cc1ccccc1S(=O)(=O)N1CCN(C(=O)c2cccc(F)c2)CC1. The predicted molar refractivity (Wildman–Crippen MR) is 92.2 cm³/mol. The summed E-state index contributed by atoms with van der Waals surface area (Å²) in [7, 11) is -3.81. The molecule has 8 heteroatoms. The zero-order chi connectivity index (χ0) is 18.7. The second-order valence-electron chi connectivity index (χ2n) is 5.81. The van der Waals surface area contributed by atoms with Crippen LogP contribution < -0.4 is 0 Å². The van der Waals surface area contributed by atoms with Gasteiger partial charge in [0.2, 0.25) is 10.0 Å². The van der Waals surface area contributed by atoms with Gasteiger partial charge in [-0.3, -0.25) is 4.79 Å². The number of sulfonamides is 1. The molecule has 1 saturated heterocycles. The molecule has 0 radical (unpaired) electrons. The molecular weight excluding hydrogens is 357 g/mol. The number of halogens is 1. The molecular formula is C18H16FN3O3S. The van der Waals surface area contributed by atoms with Gasteiger partial charge in [-0.15, -0.1) is 0 Å². The largest absolute Gasteiger partial charge is 0.336 e. The first kappa shape index (κ1) is 18.0. The van der Waals surface area contributed by atoms with Gasteiger partial charge in [-0.1, -0.05) is 18.2 Å². The summed E-state index contributed by atoms with van der Waals surface area (Å²) < 4.78 is 40.1. The van der Waals surface area contributed by atoms with Gasteiger partial charge in [0.1, 0.15) is 11.9 Å². The molecule has 2 aromatic carbocycles. The van der Waals surface area contributed by atoms with E-state index in [2.05, 4.69) is 0 Å². The fourth-order valence-electron chi connectivity index (χ4n) is 2.86. The number of benzene rings is 2. The minimum Gasteiger partial charge on any atom is -0.336 e. The summed E-state index contributed by atoms with van der Waals surface area (Å²) in [5.74, 6) is -0.829. The van der Waals surface area contributed by atoms with Crippen molar-refractivity contribution in [2.45, 2.75) is 4.90 Å². The van der Waals surface area contributed by atoms with Gasteiger partial charge in [-0.05, 0) is 30.3 Å². The van der Waals surface area contributed by atoms with E-state index in [1.807, 2.05) is 6.07 Å². The molecule has 0 N–H and O–H groups in total. The maximum Gasteiger partial charge on any atom is 0.254 e. The van der Waals surface area contributed by atoms with Crippen molar-refractivity contribution in [3.8, 4) is 6.07 Å². The summed E-state index contributed by atoms with van der Waals surface area (Å²) in [6.07, 6.45) is 0. The normalized spacial score (nSPS) is 15.5. The van der Waals surface area contributed by atoms with E-state index in [1.165, 1.54) is 39.5 Å². The fourth-order valence-corrected chi connectivity index (χ4v) is 4.42. The Hall–Kier alpha value is -2.76. The van der Waals surface area contributed by atoms with Gasteiger partial charge in [0.15, 0.2) is 0 Å². The molecule has 1 aliphatic heterocycles. The van der Waals surface area contributed by atoms with E-state index in [4.69, 9.17) is 5.26 Å². The highest BCUT2D eigenvalue weighted by atomic mass is 32.2. The highest BCUT2D eigenvalue weighted by Crippen LogP contribution is 2.21. The standard InChI is InChI=1S/C18H16FN3O3S/c19-16-6-3-5-14(12-16)18(23)21-8-10-22(11-9-21)26(24,25)17-7-2-1-4-15(17)13-20/h1-7,12H,8-11H2. The van der Waals surface area contributed by atoms with Crippen LogP contribution >= 0.6 is 0 Å². The van der Waals surface area contributed by atoms with E-state index in [0.717, 1.165) is 6.07 Å². The number of carbonyl (C=O) groups excluding carboxylic acids is 1. The molecule has 2 aromatic rings. The molecule has 26 heavy (non-hydrogen) atoms. The second-order valence-corrected chi connectivity index (χ2v) is 7.72. The van der Waals surface area contributed by atoms with Crippen LogP contribution in [0, 0.1) is 17.1 Å². The van der Waals surface area contributed by atoms with Crippen LogP contribution in [-0.4, -0.2) is 49.7 Å². The summed E-state index contributed by atoms with van der Waals surface area (Å²) in [5.41, 5.74) is 0.321. The molecule has 3 rings (SSSR count). The predicted octanol–water partition coefficient (Wildman–Crippen LogP) is 1.84. The maximum absolute atomic E-state index is 13.3. The zero-order valence-corrected chi connectivity index (χ0v) is 14.6. The molecule has 1 heterocycles. The summed E-state index contributed by atoms with van der Waals surface area (Å²) in [5, 5.41) is 9.13. The summed E-state index contributed by atoms with van der Waals surface area (Å²) >= 11 is 0. The molecule has 0 saturated carbocycles. The van der Waals surface area contributed by atoms with Crippen LogP contribution in [0.1, 0.15) is 15.9 Å². The van der Waals surface area contributed by atoms with Gasteiger partial charge < -0.3 is 4.90 Å². The van der Waals surface area contributed by atoms with Crippen molar-refractivity contribution >= 4 is 15.9 Å². The number of rotatable bonds is 3. The highest BCUT2D eigenvalue weighted by molar-refractivity contribution is 7.89. The van der Waals surface area contributed by atoms with Crippen molar-refractivity contribution in [2.75, 3.05) is 26.2 Å². The third-order valence-corrected chi connectivity index (χ3v) is 6.18. The van der Waals surface area contributed by atoms with Crippen LogP contribution in [-0.2, 0) is 10.0 Å². The Bertz CT molecular complexity index is 977. The number of nitrogens with zero attached hydrogens (tertiary/aromatic N) is 3. The van der Waals surface area contributed by atoms with E-state index in [9.17, 15) is 17.6 Å². The topological polar surface area (TPSA) is 81.5 Å². The Morgan fingerprint density at radius 3 is 2.38 bits per heavy atom. The van der Waals surface area contributed by atoms with Crippen molar-refractivity contribution in [3.05, 3.63) is 65.5 Å².